The average Bonchev–Trinajstić information content (AvgIpc) is 2.77. The zero-order valence-corrected chi connectivity index (χ0v) is 12.7. The maximum atomic E-state index is 5.96. The molecule has 3 heterocycles. The summed E-state index contributed by atoms with van der Waals surface area (Å²) < 4.78 is 5.96. The number of hydrogen-bond donors (Lipinski definition) is 1. The molecule has 108 valence electrons. The molecule has 5 nitrogen and oxygen atoms in total. The minimum absolute atomic E-state index is 0.284. The average molecular weight is 292 g/mol. The van der Waals surface area contributed by atoms with Gasteiger partial charge >= 0.3 is 0 Å². The Bertz CT molecular complexity index is 612. The second-order valence-corrected chi connectivity index (χ2v) is 6.64. The molecule has 2 aromatic rings. The number of hydrogen-bond acceptors (Lipinski definition) is 6. The molecular formula is C14H20N4OS. The van der Waals surface area contributed by atoms with Gasteiger partial charge in [0, 0.05) is 10.9 Å². The Balaban J connectivity index is 1.79. The summed E-state index contributed by atoms with van der Waals surface area (Å²) in [6, 6.07) is 2.54. The molecule has 1 unspecified atom stereocenters. The lowest BCUT2D eigenvalue weighted by molar-refractivity contribution is 0.123. The van der Waals surface area contributed by atoms with E-state index in [0.717, 1.165) is 16.8 Å². The highest BCUT2D eigenvalue weighted by atomic mass is 32.1. The van der Waals surface area contributed by atoms with Crippen molar-refractivity contribution in [1.82, 2.24) is 14.9 Å². The standard InChI is InChI=1S/C14H20N4OS/c1-9-7-11-12(16-14(15)17-13(11)20-9)19-8-10-5-3-4-6-18(10)2/h7,10H,3-6,8H2,1-2H3,(H2,15,16,17). The summed E-state index contributed by atoms with van der Waals surface area (Å²) in [5.74, 6) is 0.905. The first-order valence-corrected chi connectivity index (χ1v) is 7.82. The Labute approximate surface area is 122 Å². The quantitative estimate of drug-likeness (QED) is 0.941. The minimum Gasteiger partial charge on any atom is -0.475 e. The van der Waals surface area contributed by atoms with Gasteiger partial charge in [0.1, 0.15) is 11.4 Å². The van der Waals surface area contributed by atoms with Gasteiger partial charge in [0.05, 0.1) is 5.39 Å². The summed E-state index contributed by atoms with van der Waals surface area (Å²) in [6.07, 6.45) is 3.74. The monoisotopic (exact) mass is 292 g/mol. The van der Waals surface area contributed by atoms with E-state index in [9.17, 15) is 0 Å². The van der Waals surface area contributed by atoms with Crippen LogP contribution in [-0.2, 0) is 0 Å². The fraction of sp³-hybridized carbons (Fsp3) is 0.571. The predicted octanol–water partition coefficient (Wildman–Crippen LogP) is 2.45. The minimum atomic E-state index is 0.284. The van der Waals surface area contributed by atoms with Crippen LogP contribution in [0.5, 0.6) is 5.88 Å². The summed E-state index contributed by atoms with van der Waals surface area (Å²) in [5.41, 5.74) is 5.76. The van der Waals surface area contributed by atoms with E-state index >= 15 is 0 Å². The Kier molecular flexibility index (Phi) is 3.76. The van der Waals surface area contributed by atoms with Crippen molar-refractivity contribution in [2.75, 3.05) is 25.9 Å². The third kappa shape index (κ3) is 2.71. The highest BCUT2D eigenvalue weighted by molar-refractivity contribution is 7.18. The first kappa shape index (κ1) is 13.6. The van der Waals surface area contributed by atoms with Gasteiger partial charge in [-0.15, -0.1) is 11.3 Å². The lowest BCUT2D eigenvalue weighted by atomic mass is 10.0. The van der Waals surface area contributed by atoms with Crippen molar-refractivity contribution in [2.45, 2.75) is 32.2 Å². The summed E-state index contributed by atoms with van der Waals surface area (Å²) in [5, 5.41) is 0.972. The summed E-state index contributed by atoms with van der Waals surface area (Å²) >= 11 is 1.62. The number of nitrogen functional groups attached to an aromatic ring is 1. The number of piperidine rings is 1. The molecule has 3 rings (SSSR count). The number of nitrogens with zero attached hydrogens (tertiary/aromatic N) is 3. The van der Waals surface area contributed by atoms with Crippen LogP contribution in [0.4, 0.5) is 5.95 Å². The molecule has 20 heavy (non-hydrogen) atoms. The first-order valence-electron chi connectivity index (χ1n) is 7.00. The molecule has 2 N–H and O–H groups in total. The van der Waals surface area contributed by atoms with Gasteiger partial charge in [-0.05, 0) is 39.4 Å². The molecule has 1 saturated heterocycles. The number of ether oxygens (including phenoxy) is 1. The van der Waals surface area contributed by atoms with E-state index in [2.05, 4.69) is 34.9 Å². The lowest BCUT2D eigenvalue weighted by Crippen LogP contribution is -2.40. The molecule has 0 saturated carbocycles. The molecule has 0 aromatic carbocycles. The first-order chi connectivity index (χ1) is 9.63. The molecule has 1 aliphatic heterocycles. The molecule has 0 radical (unpaired) electrons. The van der Waals surface area contributed by atoms with Crippen molar-refractivity contribution in [1.29, 1.82) is 0 Å². The van der Waals surface area contributed by atoms with Crippen LogP contribution in [0.1, 0.15) is 24.1 Å². The molecular weight excluding hydrogens is 272 g/mol. The van der Waals surface area contributed by atoms with Gasteiger partial charge in [-0.3, -0.25) is 0 Å². The van der Waals surface area contributed by atoms with E-state index < -0.39 is 0 Å². The van der Waals surface area contributed by atoms with Crippen molar-refractivity contribution in [2.24, 2.45) is 0 Å². The topological polar surface area (TPSA) is 64.3 Å². The van der Waals surface area contributed by atoms with Gasteiger partial charge in [-0.25, -0.2) is 4.98 Å². The zero-order valence-electron chi connectivity index (χ0n) is 11.9. The Hall–Kier alpha value is -1.40. The van der Waals surface area contributed by atoms with E-state index in [-0.39, 0.29) is 5.95 Å². The van der Waals surface area contributed by atoms with Gasteiger partial charge in [0.25, 0.3) is 0 Å². The molecule has 1 fully saturated rings. The number of likely N-dealkylation sites (tertiary alicyclic amines) is 1. The molecule has 0 bridgehead atoms. The number of thiophene rings is 1. The SMILES string of the molecule is Cc1cc2c(OCC3CCCCN3C)nc(N)nc2s1. The highest BCUT2D eigenvalue weighted by Crippen LogP contribution is 2.30. The molecule has 1 atom stereocenters. The molecule has 0 spiro atoms. The Morgan fingerprint density at radius 3 is 3.10 bits per heavy atom. The van der Waals surface area contributed by atoms with E-state index in [1.807, 2.05) is 0 Å². The van der Waals surface area contributed by atoms with Gasteiger partial charge in [0.15, 0.2) is 0 Å². The second kappa shape index (κ2) is 5.54. The van der Waals surface area contributed by atoms with Gasteiger partial charge < -0.3 is 15.4 Å². The van der Waals surface area contributed by atoms with Crippen LogP contribution < -0.4 is 10.5 Å². The Morgan fingerprint density at radius 2 is 2.30 bits per heavy atom. The number of anilines is 1. The van der Waals surface area contributed by atoms with Crippen LogP contribution in [0, 0.1) is 6.92 Å². The van der Waals surface area contributed by atoms with Crippen LogP contribution in [0.2, 0.25) is 0 Å². The number of aromatic nitrogens is 2. The largest absolute Gasteiger partial charge is 0.475 e. The maximum absolute atomic E-state index is 5.96. The Morgan fingerprint density at radius 1 is 1.45 bits per heavy atom. The van der Waals surface area contributed by atoms with Crippen LogP contribution in [0.25, 0.3) is 10.2 Å². The highest BCUT2D eigenvalue weighted by Gasteiger charge is 2.20. The van der Waals surface area contributed by atoms with Crippen molar-refractivity contribution in [3.05, 3.63) is 10.9 Å². The van der Waals surface area contributed by atoms with Crippen molar-refractivity contribution >= 4 is 27.5 Å². The van der Waals surface area contributed by atoms with Crippen molar-refractivity contribution < 1.29 is 4.74 Å². The third-order valence-corrected chi connectivity index (χ3v) is 4.78. The fourth-order valence-corrected chi connectivity index (χ4v) is 3.55. The van der Waals surface area contributed by atoms with Crippen LogP contribution in [-0.4, -0.2) is 41.1 Å². The lowest BCUT2D eigenvalue weighted by Gasteiger charge is -2.32. The van der Waals surface area contributed by atoms with E-state index in [1.165, 1.54) is 24.1 Å². The molecule has 1 aliphatic rings. The van der Waals surface area contributed by atoms with Crippen molar-refractivity contribution in [3.63, 3.8) is 0 Å². The van der Waals surface area contributed by atoms with Gasteiger partial charge in [0.2, 0.25) is 11.8 Å². The second-order valence-electron chi connectivity index (χ2n) is 5.40. The van der Waals surface area contributed by atoms with Crippen LogP contribution >= 0.6 is 11.3 Å². The van der Waals surface area contributed by atoms with E-state index in [0.29, 0.717) is 18.5 Å². The molecule has 2 aromatic heterocycles. The van der Waals surface area contributed by atoms with Crippen LogP contribution in [0.3, 0.4) is 0 Å². The number of likely N-dealkylation sites (N-methyl/N-ethyl adjacent to an activating group) is 1. The summed E-state index contributed by atoms with van der Waals surface area (Å²) in [7, 11) is 2.16. The van der Waals surface area contributed by atoms with Crippen molar-refractivity contribution in [3.8, 4) is 5.88 Å². The smallest absolute Gasteiger partial charge is 0.227 e. The van der Waals surface area contributed by atoms with E-state index in [4.69, 9.17) is 10.5 Å². The maximum Gasteiger partial charge on any atom is 0.227 e. The predicted molar refractivity (Wildman–Crippen MR) is 82.3 cm³/mol. The summed E-state index contributed by atoms with van der Waals surface area (Å²) in [6.45, 7) is 3.87. The normalized spacial score (nSPS) is 20.4. The molecule has 6 heteroatoms. The summed E-state index contributed by atoms with van der Waals surface area (Å²) in [4.78, 5) is 13.0. The number of rotatable bonds is 3. The zero-order chi connectivity index (χ0) is 14.1. The number of nitrogens with two attached hydrogens (primary N) is 1. The van der Waals surface area contributed by atoms with Gasteiger partial charge in [-0.2, -0.15) is 4.98 Å². The third-order valence-electron chi connectivity index (χ3n) is 3.83. The molecule has 0 amide bonds. The van der Waals surface area contributed by atoms with E-state index in [1.54, 1.807) is 11.3 Å². The van der Waals surface area contributed by atoms with Crippen LogP contribution in [0.15, 0.2) is 6.07 Å². The van der Waals surface area contributed by atoms with Gasteiger partial charge in [-0.1, -0.05) is 6.42 Å². The number of aryl methyl sites for hydroxylation is 1. The molecule has 0 aliphatic carbocycles. The fourth-order valence-electron chi connectivity index (χ4n) is 2.67. The number of fused-ring (bicyclic) bond motifs is 1.